The van der Waals surface area contributed by atoms with E-state index in [1.165, 1.54) is 6.42 Å². The van der Waals surface area contributed by atoms with Crippen molar-refractivity contribution in [2.45, 2.75) is 24.9 Å². The van der Waals surface area contributed by atoms with E-state index in [0.29, 0.717) is 0 Å². The van der Waals surface area contributed by atoms with Gasteiger partial charge >= 0.3 is 0 Å². The van der Waals surface area contributed by atoms with Crippen molar-refractivity contribution in [3.63, 3.8) is 0 Å². The molecule has 19 heavy (non-hydrogen) atoms. The number of aromatic nitrogens is 1. The van der Waals surface area contributed by atoms with Crippen molar-refractivity contribution in [1.82, 2.24) is 4.98 Å². The van der Waals surface area contributed by atoms with Gasteiger partial charge in [-0.1, -0.05) is 0 Å². The van der Waals surface area contributed by atoms with Gasteiger partial charge in [0.25, 0.3) is 0 Å². The number of methoxy groups -OCH3 is 1. The first-order valence-corrected chi connectivity index (χ1v) is 6.66. The summed E-state index contributed by atoms with van der Waals surface area (Å²) < 4.78 is 5.62. The highest BCUT2D eigenvalue weighted by Gasteiger charge is 2.36. The second kappa shape index (κ2) is 4.70. The van der Waals surface area contributed by atoms with Crippen molar-refractivity contribution >= 4 is 22.3 Å². The summed E-state index contributed by atoms with van der Waals surface area (Å²) in [5.74, 6) is 0. The van der Waals surface area contributed by atoms with E-state index in [0.717, 1.165) is 41.7 Å². The average molecular weight is 257 g/mol. The maximum absolute atomic E-state index is 5.98. The molecule has 3 N–H and O–H groups in total. The van der Waals surface area contributed by atoms with E-state index in [4.69, 9.17) is 10.5 Å². The Balaban J connectivity index is 1.87. The van der Waals surface area contributed by atoms with E-state index in [2.05, 4.69) is 10.3 Å². The molecule has 0 spiro atoms. The van der Waals surface area contributed by atoms with Crippen LogP contribution in [0, 0.1) is 0 Å². The lowest BCUT2D eigenvalue weighted by Gasteiger charge is -2.40. The molecule has 0 saturated heterocycles. The lowest BCUT2D eigenvalue weighted by atomic mass is 9.80. The standard InChI is InChI=1S/C15H19N3O/c1-19-15(7-3-8-15)10-18-13-6-5-12(16)11-4-2-9-17-14(11)13/h2,4-6,9,18H,3,7-8,10,16H2,1H3. The highest BCUT2D eigenvalue weighted by molar-refractivity contribution is 5.98. The van der Waals surface area contributed by atoms with Crippen LogP contribution >= 0.6 is 0 Å². The van der Waals surface area contributed by atoms with Crippen LogP contribution in [0.4, 0.5) is 11.4 Å². The zero-order valence-electron chi connectivity index (χ0n) is 11.1. The van der Waals surface area contributed by atoms with Gasteiger partial charge < -0.3 is 15.8 Å². The van der Waals surface area contributed by atoms with Gasteiger partial charge in [-0.15, -0.1) is 0 Å². The van der Waals surface area contributed by atoms with Crippen molar-refractivity contribution in [2.75, 3.05) is 24.7 Å². The second-order valence-electron chi connectivity index (χ2n) is 5.20. The van der Waals surface area contributed by atoms with Crippen molar-refractivity contribution < 1.29 is 4.74 Å². The number of hydrogen-bond donors (Lipinski definition) is 2. The predicted octanol–water partition coefficient (Wildman–Crippen LogP) is 2.80. The van der Waals surface area contributed by atoms with Gasteiger partial charge in [0.15, 0.2) is 0 Å². The first kappa shape index (κ1) is 12.2. The number of nitrogens with one attached hydrogen (secondary N) is 1. The molecule has 1 aliphatic carbocycles. The SMILES string of the molecule is COC1(CNc2ccc(N)c3cccnc23)CCC1. The summed E-state index contributed by atoms with van der Waals surface area (Å²) in [6.07, 6.45) is 5.28. The minimum absolute atomic E-state index is 0.00247. The van der Waals surface area contributed by atoms with Crippen LogP contribution in [0.5, 0.6) is 0 Å². The normalized spacial score (nSPS) is 17.1. The van der Waals surface area contributed by atoms with Crippen LogP contribution in [0.25, 0.3) is 10.9 Å². The van der Waals surface area contributed by atoms with Crippen LogP contribution in [-0.4, -0.2) is 24.2 Å². The molecule has 0 unspecified atom stereocenters. The van der Waals surface area contributed by atoms with E-state index in [1.54, 1.807) is 13.3 Å². The summed E-state index contributed by atoms with van der Waals surface area (Å²) in [7, 11) is 1.79. The fourth-order valence-electron chi connectivity index (χ4n) is 2.62. The van der Waals surface area contributed by atoms with Crippen LogP contribution in [0.15, 0.2) is 30.5 Å². The van der Waals surface area contributed by atoms with Gasteiger partial charge in [0, 0.05) is 30.9 Å². The number of nitrogens with two attached hydrogens (primary N) is 1. The van der Waals surface area contributed by atoms with Crippen LogP contribution < -0.4 is 11.1 Å². The molecule has 1 aromatic heterocycles. The first-order chi connectivity index (χ1) is 9.24. The van der Waals surface area contributed by atoms with Crippen molar-refractivity contribution in [3.05, 3.63) is 30.5 Å². The number of ether oxygens (including phenoxy) is 1. The third-order valence-electron chi connectivity index (χ3n) is 4.10. The molecule has 100 valence electrons. The maximum atomic E-state index is 5.98. The molecule has 4 heteroatoms. The van der Waals surface area contributed by atoms with Crippen LogP contribution in [-0.2, 0) is 4.74 Å². The number of hydrogen-bond acceptors (Lipinski definition) is 4. The molecule has 4 nitrogen and oxygen atoms in total. The van der Waals surface area contributed by atoms with E-state index < -0.39 is 0 Å². The maximum Gasteiger partial charge on any atom is 0.0953 e. The van der Waals surface area contributed by atoms with E-state index >= 15 is 0 Å². The third-order valence-corrected chi connectivity index (χ3v) is 4.10. The molecule has 2 aromatic rings. The molecule has 1 fully saturated rings. The van der Waals surface area contributed by atoms with E-state index in [9.17, 15) is 0 Å². The number of pyridine rings is 1. The fraction of sp³-hybridized carbons (Fsp3) is 0.400. The van der Waals surface area contributed by atoms with Crippen molar-refractivity contribution in [3.8, 4) is 0 Å². The van der Waals surface area contributed by atoms with Gasteiger partial charge in [-0.05, 0) is 43.5 Å². The summed E-state index contributed by atoms with van der Waals surface area (Å²) >= 11 is 0. The van der Waals surface area contributed by atoms with E-state index in [1.807, 2.05) is 24.3 Å². The largest absolute Gasteiger partial charge is 0.398 e. The Morgan fingerprint density at radius 2 is 2.21 bits per heavy atom. The number of nitrogens with zero attached hydrogens (tertiary/aromatic N) is 1. The van der Waals surface area contributed by atoms with Gasteiger partial charge in [0.05, 0.1) is 16.8 Å². The summed E-state index contributed by atoms with van der Waals surface area (Å²) in [6, 6.07) is 7.82. The first-order valence-electron chi connectivity index (χ1n) is 6.66. The minimum atomic E-state index is 0.00247. The molecule has 3 rings (SSSR count). The van der Waals surface area contributed by atoms with Gasteiger partial charge in [0.1, 0.15) is 0 Å². The Labute approximate surface area is 113 Å². The Hall–Kier alpha value is -1.81. The van der Waals surface area contributed by atoms with E-state index in [-0.39, 0.29) is 5.60 Å². The number of rotatable bonds is 4. The molecule has 0 bridgehead atoms. The Kier molecular flexibility index (Phi) is 3.03. The smallest absolute Gasteiger partial charge is 0.0953 e. The minimum Gasteiger partial charge on any atom is -0.398 e. The van der Waals surface area contributed by atoms with Crippen molar-refractivity contribution in [1.29, 1.82) is 0 Å². The summed E-state index contributed by atoms with van der Waals surface area (Å²) in [5, 5.41) is 4.46. The number of fused-ring (bicyclic) bond motifs is 1. The second-order valence-corrected chi connectivity index (χ2v) is 5.20. The number of benzene rings is 1. The lowest BCUT2D eigenvalue weighted by Crippen LogP contribution is -2.45. The number of anilines is 2. The van der Waals surface area contributed by atoms with Gasteiger partial charge in [-0.2, -0.15) is 0 Å². The van der Waals surface area contributed by atoms with Crippen LogP contribution in [0.1, 0.15) is 19.3 Å². The van der Waals surface area contributed by atoms with Crippen LogP contribution in [0.2, 0.25) is 0 Å². The summed E-state index contributed by atoms with van der Waals surface area (Å²) in [4.78, 5) is 4.43. The van der Waals surface area contributed by atoms with Crippen LogP contribution in [0.3, 0.4) is 0 Å². The average Bonchev–Trinajstić information content (AvgIpc) is 2.41. The summed E-state index contributed by atoms with van der Waals surface area (Å²) in [6.45, 7) is 0.819. The molecule has 1 saturated carbocycles. The predicted molar refractivity (Wildman–Crippen MR) is 78.2 cm³/mol. The van der Waals surface area contributed by atoms with Gasteiger partial charge in [0.2, 0.25) is 0 Å². The Morgan fingerprint density at radius 3 is 2.89 bits per heavy atom. The molecular formula is C15H19N3O. The molecule has 0 radical (unpaired) electrons. The highest BCUT2D eigenvalue weighted by Crippen LogP contribution is 2.36. The molecule has 1 aliphatic rings. The molecular weight excluding hydrogens is 238 g/mol. The fourth-order valence-corrected chi connectivity index (χ4v) is 2.62. The summed E-state index contributed by atoms with van der Waals surface area (Å²) in [5.41, 5.74) is 8.69. The zero-order chi connectivity index (χ0) is 13.3. The molecule has 0 atom stereocenters. The molecule has 0 aliphatic heterocycles. The molecule has 1 heterocycles. The quantitative estimate of drug-likeness (QED) is 0.827. The zero-order valence-corrected chi connectivity index (χ0v) is 11.1. The molecule has 1 aromatic carbocycles. The Morgan fingerprint density at radius 1 is 1.37 bits per heavy atom. The topological polar surface area (TPSA) is 60.2 Å². The van der Waals surface area contributed by atoms with Gasteiger partial charge in [-0.3, -0.25) is 4.98 Å². The molecule has 0 amide bonds. The lowest BCUT2D eigenvalue weighted by molar-refractivity contribution is -0.0601. The Bertz CT molecular complexity index is 587. The van der Waals surface area contributed by atoms with Gasteiger partial charge in [-0.25, -0.2) is 0 Å². The van der Waals surface area contributed by atoms with Crippen molar-refractivity contribution in [2.24, 2.45) is 0 Å². The monoisotopic (exact) mass is 257 g/mol. The number of nitrogen functional groups attached to an aromatic ring is 1. The highest BCUT2D eigenvalue weighted by atomic mass is 16.5. The third kappa shape index (κ3) is 2.12.